The Balaban J connectivity index is 2.83. The Hall–Kier alpha value is -0.170. The normalized spacial score (nSPS) is 23.5. The van der Waals surface area contributed by atoms with E-state index in [0.717, 1.165) is 12.8 Å². The molecular formula is C11H24N2O3S. The van der Waals surface area contributed by atoms with E-state index in [4.69, 9.17) is 5.11 Å². The topological polar surface area (TPSA) is 60.9 Å². The third kappa shape index (κ3) is 3.64. The molecule has 1 fully saturated rings. The zero-order valence-electron chi connectivity index (χ0n) is 11.0. The summed E-state index contributed by atoms with van der Waals surface area (Å²) in [6, 6.07) is -0.121. The van der Waals surface area contributed by atoms with Gasteiger partial charge in [-0.05, 0) is 32.6 Å². The average molecular weight is 264 g/mol. The van der Waals surface area contributed by atoms with Gasteiger partial charge in [-0.25, -0.2) is 0 Å². The van der Waals surface area contributed by atoms with Crippen molar-refractivity contribution < 1.29 is 13.5 Å². The molecule has 1 N–H and O–H groups in total. The molecule has 5 nitrogen and oxygen atoms in total. The van der Waals surface area contributed by atoms with Crippen LogP contribution in [0.2, 0.25) is 0 Å². The lowest BCUT2D eigenvalue weighted by molar-refractivity contribution is 0.211. The molecule has 6 heteroatoms. The van der Waals surface area contributed by atoms with Gasteiger partial charge in [-0.3, -0.25) is 0 Å². The Morgan fingerprint density at radius 1 is 1.47 bits per heavy atom. The fraction of sp³-hybridized carbons (Fsp3) is 1.00. The number of hydrogen-bond acceptors (Lipinski definition) is 3. The smallest absolute Gasteiger partial charge is 0.282 e. The van der Waals surface area contributed by atoms with Crippen LogP contribution in [-0.2, 0) is 10.2 Å². The van der Waals surface area contributed by atoms with Crippen LogP contribution < -0.4 is 0 Å². The standard InChI is InChI=1S/C11H24N2O3S/c1-10(2)13(7-8-14)17(15,16)12-6-4-5-11(3)9-12/h10-11,14H,4-9H2,1-3H3. The van der Waals surface area contributed by atoms with Gasteiger partial charge in [-0.1, -0.05) is 6.92 Å². The van der Waals surface area contributed by atoms with E-state index in [0.29, 0.717) is 19.0 Å². The largest absolute Gasteiger partial charge is 0.395 e. The van der Waals surface area contributed by atoms with Crippen LogP contribution >= 0.6 is 0 Å². The van der Waals surface area contributed by atoms with E-state index in [1.54, 1.807) is 4.31 Å². The van der Waals surface area contributed by atoms with E-state index >= 15 is 0 Å². The monoisotopic (exact) mass is 264 g/mol. The highest BCUT2D eigenvalue weighted by Crippen LogP contribution is 2.21. The maximum atomic E-state index is 12.4. The minimum Gasteiger partial charge on any atom is -0.395 e. The number of aliphatic hydroxyl groups excluding tert-OH is 1. The van der Waals surface area contributed by atoms with Crippen LogP contribution in [0.1, 0.15) is 33.6 Å². The van der Waals surface area contributed by atoms with Crippen molar-refractivity contribution in [2.75, 3.05) is 26.2 Å². The molecule has 1 heterocycles. The highest BCUT2D eigenvalue weighted by atomic mass is 32.2. The second-order valence-corrected chi connectivity index (χ2v) is 6.92. The fourth-order valence-electron chi connectivity index (χ4n) is 2.24. The Morgan fingerprint density at radius 3 is 2.59 bits per heavy atom. The quantitative estimate of drug-likeness (QED) is 0.794. The summed E-state index contributed by atoms with van der Waals surface area (Å²) >= 11 is 0. The van der Waals surface area contributed by atoms with Crippen molar-refractivity contribution in [2.45, 2.75) is 39.7 Å². The molecule has 0 aromatic heterocycles. The number of piperidine rings is 1. The van der Waals surface area contributed by atoms with Gasteiger partial charge in [0.1, 0.15) is 0 Å². The van der Waals surface area contributed by atoms with Crippen molar-refractivity contribution >= 4 is 10.2 Å². The lowest BCUT2D eigenvalue weighted by atomic mass is 10.0. The summed E-state index contributed by atoms with van der Waals surface area (Å²) in [6.07, 6.45) is 2.01. The van der Waals surface area contributed by atoms with Gasteiger partial charge in [-0.2, -0.15) is 17.0 Å². The van der Waals surface area contributed by atoms with Crippen molar-refractivity contribution in [1.82, 2.24) is 8.61 Å². The molecule has 0 radical (unpaired) electrons. The number of aliphatic hydroxyl groups is 1. The molecule has 0 spiro atoms. The van der Waals surface area contributed by atoms with Gasteiger partial charge in [0, 0.05) is 25.7 Å². The molecule has 0 amide bonds. The van der Waals surface area contributed by atoms with E-state index in [9.17, 15) is 8.42 Å². The Labute approximate surface area is 105 Å². The molecule has 1 atom stereocenters. The van der Waals surface area contributed by atoms with Crippen molar-refractivity contribution in [3.8, 4) is 0 Å². The van der Waals surface area contributed by atoms with Gasteiger partial charge < -0.3 is 5.11 Å². The van der Waals surface area contributed by atoms with E-state index in [1.807, 2.05) is 13.8 Å². The second-order valence-electron chi connectivity index (χ2n) is 5.04. The zero-order valence-corrected chi connectivity index (χ0v) is 11.8. The van der Waals surface area contributed by atoms with Crippen LogP contribution in [0.4, 0.5) is 0 Å². The lowest BCUT2D eigenvalue weighted by Crippen LogP contribution is -2.50. The summed E-state index contributed by atoms with van der Waals surface area (Å²) < 4.78 is 27.7. The van der Waals surface area contributed by atoms with Crippen molar-refractivity contribution in [2.24, 2.45) is 5.92 Å². The molecule has 0 aromatic carbocycles. The molecule has 0 bridgehead atoms. The molecule has 1 saturated heterocycles. The molecule has 0 aromatic rings. The molecule has 0 saturated carbocycles. The fourth-order valence-corrected chi connectivity index (χ4v) is 4.19. The lowest BCUT2D eigenvalue weighted by Gasteiger charge is -2.35. The van der Waals surface area contributed by atoms with Gasteiger partial charge in [-0.15, -0.1) is 0 Å². The number of rotatable bonds is 5. The summed E-state index contributed by atoms with van der Waals surface area (Å²) in [6.45, 7) is 6.97. The molecule has 1 unspecified atom stereocenters. The van der Waals surface area contributed by atoms with Gasteiger partial charge in [0.05, 0.1) is 6.61 Å². The first kappa shape index (κ1) is 14.9. The minimum atomic E-state index is -3.41. The highest BCUT2D eigenvalue weighted by Gasteiger charge is 2.33. The summed E-state index contributed by atoms with van der Waals surface area (Å²) in [7, 11) is -3.41. The van der Waals surface area contributed by atoms with Crippen LogP contribution in [0, 0.1) is 5.92 Å². The Kier molecular flexibility index (Phi) is 5.37. The van der Waals surface area contributed by atoms with Crippen LogP contribution in [-0.4, -0.2) is 54.4 Å². The SMILES string of the molecule is CC1CCCN(S(=O)(=O)N(CCO)C(C)C)C1. The van der Waals surface area contributed by atoms with E-state index in [2.05, 4.69) is 6.92 Å². The van der Waals surface area contributed by atoms with E-state index < -0.39 is 10.2 Å². The predicted molar refractivity (Wildman–Crippen MR) is 67.8 cm³/mol. The first-order chi connectivity index (χ1) is 7.89. The molecule has 1 aliphatic rings. The average Bonchev–Trinajstić information content (AvgIpc) is 2.25. The van der Waals surface area contributed by atoms with Crippen molar-refractivity contribution in [3.63, 3.8) is 0 Å². The second kappa shape index (κ2) is 6.13. The van der Waals surface area contributed by atoms with Crippen LogP contribution in [0.5, 0.6) is 0 Å². The highest BCUT2D eigenvalue weighted by molar-refractivity contribution is 7.86. The maximum Gasteiger partial charge on any atom is 0.282 e. The van der Waals surface area contributed by atoms with E-state index in [1.165, 1.54) is 4.31 Å². The molecular weight excluding hydrogens is 240 g/mol. The van der Waals surface area contributed by atoms with Crippen LogP contribution in [0.15, 0.2) is 0 Å². The molecule has 17 heavy (non-hydrogen) atoms. The van der Waals surface area contributed by atoms with Crippen LogP contribution in [0.3, 0.4) is 0 Å². The Bertz CT molecular complexity index is 330. The number of hydrogen-bond donors (Lipinski definition) is 1. The Morgan fingerprint density at radius 2 is 2.12 bits per heavy atom. The van der Waals surface area contributed by atoms with Gasteiger partial charge in [0.2, 0.25) is 0 Å². The van der Waals surface area contributed by atoms with Gasteiger partial charge >= 0.3 is 0 Å². The third-order valence-electron chi connectivity index (χ3n) is 3.14. The minimum absolute atomic E-state index is 0.121. The third-order valence-corrected chi connectivity index (χ3v) is 5.32. The van der Waals surface area contributed by atoms with Gasteiger partial charge in [0.25, 0.3) is 10.2 Å². The zero-order chi connectivity index (χ0) is 13.1. The summed E-state index contributed by atoms with van der Waals surface area (Å²) in [4.78, 5) is 0. The van der Waals surface area contributed by atoms with E-state index in [-0.39, 0.29) is 19.2 Å². The summed E-state index contributed by atoms with van der Waals surface area (Å²) in [5.74, 6) is 0.418. The maximum absolute atomic E-state index is 12.4. The molecule has 1 aliphatic heterocycles. The molecule has 1 rings (SSSR count). The van der Waals surface area contributed by atoms with Gasteiger partial charge in [0.15, 0.2) is 0 Å². The summed E-state index contributed by atoms with van der Waals surface area (Å²) in [5.41, 5.74) is 0. The predicted octanol–water partition coefficient (Wildman–Crippen LogP) is 0.666. The molecule has 0 aliphatic carbocycles. The van der Waals surface area contributed by atoms with Crippen molar-refractivity contribution in [3.05, 3.63) is 0 Å². The van der Waals surface area contributed by atoms with Crippen LogP contribution in [0.25, 0.3) is 0 Å². The first-order valence-electron chi connectivity index (χ1n) is 6.27. The number of nitrogens with zero attached hydrogens (tertiary/aromatic N) is 2. The summed E-state index contributed by atoms with van der Waals surface area (Å²) in [5, 5.41) is 8.97. The molecule has 102 valence electrons. The first-order valence-corrected chi connectivity index (χ1v) is 7.67. The van der Waals surface area contributed by atoms with Crippen molar-refractivity contribution in [1.29, 1.82) is 0 Å².